The molecule has 0 radical (unpaired) electrons. The van der Waals surface area contributed by atoms with E-state index >= 15 is 0 Å². The maximum atomic E-state index is 9.62. The minimum Gasteiger partial charge on any atom is -0.388 e. The molecule has 7 heteroatoms. The van der Waals surface area contributed by atoms with Gasteiger partial charge in [-0.05, 0) is 24.2 Å². The predicted octanol–water partition coefficient (Wildman–Crippen LogP) is 3.42. The highest BCUT2D eigenvalue weighted by Crippen LogP contribution is 2.30. The number of benzene rings is 2. The van der Waals surface area contributed by atoms with Gasteiger partial charge in [0, 0.05) is 21.2 Å². The van der Waals surface area contributed by atoms with Crippen LogP contribution < -0.4 is 0 Å². The Labute approximate surface area is 153 Å². The zero-order valence-electron chi connectivity index (χ0n) is 16.1. The van der Waals surface area contributed by atoms with Crippen molar-refractivity contribution in [3.8, 4) is 5.69 Å². The summed E-state index contributed by atoms with van der Waals surface area (Å²) in [7, 11) is 0. The van der Waals surface area contributed by atoms with Gasteiger partial charge in [0.2, 0.25) is 0 Å². The standard InChI is InChI=1S/C17H12Cl2N4O/c18-10-5-6-14-12(7-10)17(11-3-1-2-4-13(11)19)20-8-15-21-22-16(9-24)23(14)15/h1-7,24H,8-9H2/i1D,2D,3D,4D. The van der Waals surface area contributed by atoms with E-state index < -0.39 is 12.1 Å². The van der Waals surface area contributed by atoms with Crippen LogP contribution in [0.1, 0.15) is 28.3 Å². The molecule has 1 aromatic heterocycles. The smallest absolute Gasteiger partial charge is 0.163 e. The van der Waals surface area contributed by atoms with E-state index in [0.29, 0.717) is 27.9 Å². The van der Waals surface area contributed by atoms with Crippen LogP contribution in [0.2, 0.25) is 10.0 Å². The van der Waals surface area contributed by atoms with Crippen LogP contribution >= 0.6 is 23.2 Å². The second kappa shape index (κ2) is 6.02. The van der Waals surface area contributed by atoms with Crippen LogP contribution in [0.3, 0.4) is 0 Å². The van der Waals surface area contributed by atoms with Crippen molar-refractivity contribution in [2.45, 2.75) is 13.2 Å². The number of fused-ring (bicyclic) bond motifs is 3. The van der Waals surface area contributed by atoms with Gasteiger partial charge in [-0.15, -0.1) is 10.2 Å². The molecule has 1 N–H and O–H groups in total. The van der Waals surface area contributed by atoms with Gasteiger partial charge >= 0.3 is 0 Å². The maximum absolute atomic E-state index is 9.62. The van der Waals surface area contributed by atoms with Crippen LogP contribution in [0.5, 0.6) is 0 Å². The van der Waals surface area contributed by atoms with E-state index in [2.05, 4.69) is 15.2 Å². The van der Waals surface area contributed by atoms with Crippen LogP contribution in [0.4, 0.5) is 0 Å². The number of aromatic nitrogens is 3. The molecular weight excluding hydrogens is 347 g/mol. The number of hydrogen-bond acceptors (Lipinski definition) is 4. The van der Waals surface area contributed by atoms with Gasteiger partial charge in [-0.1, -0.05) is 41.3 Å². The second-order valence-corrected chi connectivity index (χ2v) is 5.86. The van der Waals surface area contributed by atoms with Crippen molar-refractivity contribution >= 4 is 28.9 Å². The average Bonchev–Trinajstić information content (AvgIpc) is 3.03. The Balaban J connectivity index is 2.07. The molecule has 24 heavy (non-hydrogen) atoms. The molecule has 1 aliphatic heterocycles. The summed E-state index contributed by atoms with van der Waals surface area (Å²) in [5, 5.41) is 17.9. The summed E-state index contributed by atoms with van der Waals surface area (Å²) in [4.78, 5) is 4.52. The summed E-state index contributed by atoms with van der Waals surface area (Å²) in [6.07, 6.45) is 0. The van der Waals surface area contributed by atoms with Crippen LogP contribution in [0.25, 0.3) is 5.69 Å². The minimum atomic E-state index is -0.418. The molecule has 1 aliphatic rings. The molecule has 0 saturated carbocycles. The zero-order valence-corrected chi connectivity index (χ0v) is 13.7. The Kier molecular flexibility index (Phi) is 2.85. The Bertz CT molecular complexity index is 1130. The fraction of sp³-hybridized carbons (Fsp3) is 0.118. The summed E-state index contributed by atoms with van der Waals surface area (Å²) >= 11 is 12.5. The van der Waals surface area contributed by atoms with E-state index in [-0.39, 0.29) is 41.5 Å². The van der Waals surface area contributed by atoms with E-state index in [4.69, 9.17) is 28.7 Å². The number of aliphatic imine (C=N–C) groups is 1. The second-order valence-electron chi connectivity index (χ2n) is 5.04. The first kappa shape index (κ1) is 11.4. The number of halogens is 2. The first-order valence-corrected chi connectivity index (χ1v) is 7.75. The molecular formula is C17H12Cl2N4O. The van der Waals surface area contributed by atoms with E-state index in [1.54, 1.807) is 22.8 Å². The van der Waals surface area contributed by atoms with Crippen LogP contribution in [0.15, 0.2) is 47.4 Å². The topological polar surface area (TPSA) is 63.3 Å². The molecule has 0 spiro atoms. The Hall–Kier alpha value is -2.21. The van der Waals surface area contributed by atoms with Gasteiger partial charge in [0.1, 0.15) is 13.2 Å². The van der Waals surface area contributed by atoms with Crippen molar-refractivity contribution in [3.05, 3.63) is 75.2 Å². The first-order valence-electron chi connectivity index (χ1n) is 9.00. The van der Waals surface area contributed by atoms with Crippen molar-refractivity contribution in [1.82, 2.24) is 14.8 Å². The molecule has 0 atom stereocenters. The van der Waals surface area contributed by atoms with Gasteiger partial charge in [-0.2, -0.15) is 0 Å². The maximum Gasteiger partial charge on any atom is 0.163 e. The van der Waals surface area contributed by atoms with E-state index in [1.165, 1.54) is 0 Å². The molecule has 2 aromatic carbocycles. The van der Waals surface area contributed by atoms with Crippen molar-refractivity contribution in [1.29, 1.82) is 0 Å². The molecule has 0 aliphatic carbocycles. The Morgan fingerprint density at radius 3 is 2.83 bits per heavy atom. The fourth-order valence-corrected chi connectivity index (χ4v) is 2.99. The molecule has 0 saturated heterocycles. The third kappa shape index (κ3) is 2.41. The third-order valence-corrected chi connectivity index (χ3v) is 4.17. The fourth-order valence-electron chi connectivity index (χ4n) is 2.64. The first-order chi connectivity index (χ1) is 13.3. The van der Waals surface area contributed by atoms with Gasteiger partial charge in [0.05, 0.1) is 16.9 Å². The molecule has 2 heterocycles. The Morgan fingerprint density at radius 1 is 1.17 bits per heavy atom. The summed E-state index contributed by atoms with van der Waals surface area (Å²) in [6, 6.07) is 3.54. The number of aliphatic hydroxyl groups is 1. The third-order valence-electron chi connectivity index (χ3n) is 3.65. The summed E-state index contributed by atoms with van der Waals surface area (Å²) in [5.41, 5.74) is 1.42. The van der Waals surface area contributed by atoms with Crippen LogP contribution in [-0.4, -0.2) is 25.6 Å². The Morgan fingerprint density at radius 2 is 2.00 bits per heavy atom. The number of hydrogen-bond donors (Lipinski definition) is 1. The summed E-state index contributed by atoms with van der Waals surface area (Å²) in [5.74, 6) is 0.788. The number of rotatable bonds is 2. The quantitative estimate of drug-likeness (QED) is 0.759. The highest BCUT2D eigenvalue weighted by atomic mass is 35.5. The van der Waals surface area contributed by atoms with Gasteiger partial charge in [0.25, 0.3) is 0 Å². The summed E-state index contributed by atoms with van der Waals surface area (Å²) < 4.78 is 33.8. The van der Waals surface area contributed by atoms with Gasteiger partial charge in [-0.3, -0.25) is 9.56 Å². The van der Waals surface area contributed by atoms with Crippen molar-refractivity contribution in [3.63, 3.8) is 0 Å². The SMILES string of the molecule is [2H]c1c([2H])c([2H])c(C2=NCc3nnc(CO)n3-c3ccc(Cl)cc32)c(Cl)c1[2H]. The largest absolute Gasteiger partial charge is 0.388 e. The summed E-state index contributed by atoms with van der Waals surface area (Å²) in [6.45, 7) is -0.260. The average molecular weight is 363 g/mol. The number of nitrogens with zero attached hydrogens (tertiary/aromatic N) is 4. The predicted molar refractivity (Wildman–Crippen MR) is 93.1 cm³/mol. The molecule has 5 nitrogen and oxygen atoms in total. The van der Waals surface area contributed by atoms with Gasteiger partial charge in [-0.25, -0.2) is 0 Å². The lowest BCUT2D eigenvalue weighted by Gasteiger charge is -2.14. The lowest BCUT2D eigenvalue weighted by molar-refractivity contribution is 0.268. The van der Waals surface area contributed by atoms with Crippen LogP contribution in [-0.2, 0) is 13.2 Å². The van der Waals surface area contributed by atoms with E-state index in [0.717, 1.165) is 0 Å². The monoisotopic (exact) mass is 362 g/mol. The van der Waals surface area contributed by atoms with Crippen LogP contribution in [0, 0.1) is 0 Å². The number of aliphatic hydroxyl groups excluding tert-OH is 1. The van der Waals surface area contributed by atoms with E-state index in [1.807, 2.05) is 0 Å². The van der Waals surface area contributed by atoms with Gasteiger partial charge < -0.3 is 5.11 Å². The van der Waals surface area contributed by atoms with Crippen molar-refractivity contribution in [2.24, 2.45) is 4.99 Å². The molecule has 0 fully saturated rings. The molecule has 0 bridgehead atoms. The zero-order chi connectivity index (χ0) is 20.2. The molecule has 4 rings (SSSR count). The molecule has 120 valence electrons. The van der Waals surface area contributed by atoms with Gasteiger partial charge in [0.15, 0.2) is 11.6 Å². The lowest BCUT2D eigenvalue weighted by atomic mass is 10.0. The minimum absolute atomic E-state index is 0.0771. The highest BCUT2D eigenvalue weighted by molar-refractivity contribution is 6.36. The van der Waals surface area contributed by atoms with Crippen molar-refractivity contribution < 1.29 is 10.6 Å². The molecule has 0 amide bonds. The molecule has 3 aromatic rings. The normalized spacial score (nSPS) is 15.4. The lowest BCUT2D eigenvalue weighted by Crippen LogP contribution is -2.10. The highest BCUT2D eigenvalue weighted by Gasteiger charge is 2.23. The molecule has 0 unspecified atom stereocenters. The van der Waals surface area contributed by atoms with E-state index in [9.17, 15) is 5.11 Å². The van der Waals surface area contributed by atoms with Crippen molar-refractivity contribution in [2.75, 3.05) is 0 Å².